The molecule has 1 rings (SSSR count). The number of carbonyl (C=O) groups is 1. The van der Waals surface area contributed by atoms with Crippen LogP contribution in [0, 0.1) is 0 Å². The van der Waals surface area contributed by atoms with Crippen LogP contribution in [0.3, 0.4) is 0 Å². The minimum absolute atomic E-state index is 0.0202. The van der Waals surface area contributed by atoms with Crippen molar-refractivity contribution in [2.45, 2.75) is 25.3 Å². The third-order valence-corrected chi connectivity index (χ3v) is 2.68. The maximum Gasteiger partial charge on any atom is 0.323 e. The first-order valence-electron chi connectivity index (χ1n) is 4.67. The number of alkyl halides is 1. The second kappa shape index (κ2) is 5.45. The maximum atomic E-state index is 11.3. The Morgan fingerprint density at radius 2 is 2.46 bits per heavy atom. The van der Waals surface area contributed by atoms with Gasteiger partial charge in [-0.05, 0) is 25.8 Å². The molecule has 0 aliphatic carbocycles. The van der Waals surface area contributed by atoms with E-state index in [0.717, 1.165) is 32.4 Å². The van der Waals surface area contributed by atoms with Gasteiger partial charge in [0.15, 0.2) is 0 Å². The second-order valence-corrected chi connectivity index (χ2v) is 3.64. The number of methoxy groups -OCH3 is 1. The normalized spacial score (nSPS) is 23.4. The summed E-state index contributed by atoms with van der Waals surface area (Å²) in [5.74, 6) is 0.553. The average Bonchev–Trinajstić information content (AvgIpc) is 2.61. The van der Waals surface area contributed by atoms with Gasteiger partial charge in [0.25, 0.3) is 0 Å². The van der Waals surface area contributed by atoms with Crippen LogP contribution in [0.25, 0.3) is 0 Å². The van der Waals surface area contributed by atoms with E-state index < -0.39 is 0 Å². The zero-order valence-electron chi connectivity index (χ0n) is 7.96. The standard InChI is InChI=1S/C9H16ClNO2/c1-13-9(12)8-4-2-6-11(8)7-3-5-10/h8H,2-7H2,1H3/t8-/m1/s1. The summed E-state index contributed by atoms with van der Waals surface area (Å²) >= 11 is 5.60. The van der Waals surface area contributed by atoms with Gasteiger partial charge in [-0.2, -0.15) is 0 Å². The topological polar surface area (TPSA) is 29.5 Å². The number of rotatable bonds is 4. The van der Waals surface area contributed by atoms with E-state index in [-0.39, 0.29) is 12.0 Å². The van der Waals surface area contributed by atoms with Gasteiger partial charge in [0.05, 0.1) is 7.11 Å². The fraction of sp³-hybridized carbons (Fsp3) is 0.889. The molecule has 3 nitrogen and oxygen atoms in total. The monoisotopic (exact) mass is 205 g/mol. The molecule has 1 atom stereocenters. The van der Waals surface area contributed by atoms with Crippen molar-refractivity contribution in [3.05, 3.63) is 0 Å². The molecule has 1 aliphatic rings. The summed E-state index contributed by atoms with van der Waals surface area (Å²) < 4.78 is 4.73. The van der Waals surface area contributed by atoms with E-state index in [2.05, 4.69) is 4.90 Å². The third kappa shape index (κ3) is 2.85. The molecule has 0 aromatic rings. The van der Waals surface area contributed by atoms with E-state index in [1.807, 2.05) is 0 Å². The van der Waals surface area contributed by atoms with Gasteiger partial charge < -0.3 is 4.74 Å². The van der Waals surface area contributed by atoms with Gasteiger partial charge in [0, 0.05) is 12.4 Å². The van der Waals surface area contributed by atoms with Crippen LogP contribution in [0.2, 0.25) is 0 Å². The van der Waals surface area contributed by atoms with Crippen molar-refractivity contribution in [3.8, 4) is 0 Å². The highest BCUT2D eigenvalue weighted by atomic mass is 35.5. The highest BCUT2D eigenvalue weighted by molar-refractivity contribution is 6.17. The van der Waals surface area contributed by atoms with Gasteiger partial charge in [-0.15, -0.1) is 11.6 Å². The number of halogens is 1. The quantitative estimate of drug-likeness (QED) is 0.511. The summed E-state index contributed by atoms with van der Waals surface area (Å²) in [6.07, 6.45) is 2.95. The highest BCUT2D eigenvalue weighted by Gasteiger charge is 2.30. The first-order chi connectivity index (χ1) is 6.29. The molecule has 4 heteroatoms. The molecule has 13 heavy (non-hydrogen) atoms. The predicted octanol–water partition coefficient (Wildman–Crippen LogP) is 1.25. The lowest BCUT2D eigenvalue weighted by Crippen LogP contribution is -2.37. The fourth-order valence-electron chi connectivity index (χ4n) is 1.76. The Labute approximate surface area is 84.0 Å². The third-order valence-electron chi connectivity index (χ3n) is 2.42. The lowest BCUT2D eigenvalue weighted by atomic mass is 10.2. The zero-order valence-corrected chi connectivity index (χ0v) is 8.72. The number of ether oxygens (including phenoxy) is 1. The lowest BCUT2D eigenvalue weighted by molar-refractivity contribution is -0.145. The van der Waals surface area contributed by atoms with Crippen LogP contribution in [0.5, 0.6) is 0 Å². The fourth-order valence-corrected chi connectivity index (χ4v) is 1.88. The number of esters is 1. The van der Waals surface area contributed by atoms with Gasteiger partial charge in [0.2, 0.25) is 0 Å². The smallest absolute Gasteiger partial charge is 0.323 e. The molecular weight excluding hydrogens is 190 g/mol. The Morgan fingerprint density at radius 1 is 1.69 bits per heavy atom. The van der Waals surface area contributed by atoms with E-state index in [9.17, 15) is 4.79 Å². The van der Waals surface area contributed by atoms with Crippen LogP contribution < -0.4 is 0 Å². The molecule has 1 saturated heterocycles. The van der Waals surface area contributed by atoms with Crippen LogP contribution in [0.4, 0.5) is 0 Å². The predicted molar refractivity (Wildman–Crippen MR) is 51.9 cm³/mol. The molecule has 76 valence electrons. The van der Waals surface area contributed by atoms with Crippen molar-refractivity contribution in [3.63, 3.8) is 0 Å². The largest absolute Gasteiger partial charge is 0.468 e. The summed E-state index contributed by atoms with van der Waals surface area (Å²) in [6.45, 7) is 1.90. The van der Waals surface area contributed by atoms with E-state index >= 15 is 0 Å². The summed E-state index contributed by atoms with van der Waals surface area (Å²) in [5, 5.41) is 0. The van der Waals surface area contributed by atoms with Gasteiger partial charge in [-0.3, -0.25) is 9.69 Å². The summed E-state index contributed by atoms with van der Waals surface area (Å²) in [4.78, 5) is 13.5. The maximum absolute atomic E-state index is 11.3. The average molecular weight is 206 g/mol. The van der Waals surface area contributed by atoms with Gasteiger partial charge >= 0.3 is 5.97 Å². The first kappa shape index (κ1) is 10.8. The number of carbonyl (C=O) groups excluding carboxylic acids is 1. The second-order valence-electron chi connectivity index (χ2n) is 3.26. The molecule has 0 N–H and O–H groups in total. The Morgan fingerprint density at radius 3 is 3.08 bits per heavy atom. The van der Waals surface area contributed by atoms with Crippen LogP contribution >= 0.6 is 11.6 Å². The highest BCUT2D eigenvalue weighted by Crippen LogP contribution is 2.18. The molecule has 0 spiro atoms. The number of hydrogen-bond acceptors (Lipinski definition) is 3. The van der Waals surface area contributed by atoms with Crippen molar-refractivity contribution < 1.29 is 9.53 Å². The molecule has 0 amide bonds. The van der Waals surface area contributed by atoms with Crippen LogP contribution in [0.15, 0.2) is 0 Å². The number of likely N-dealkylation sites (tertiary alicyclic amines) is 1. The molecule has 0 aromatic heterocycles. The first-order valence-corrected chi connectivity index (χ1v) is 5.21. The molecular formula is C9H16ClNO2. The van der Waals surface area contributed by atoms with Crippen molar-refractivity contribution in [1.29, 1.82) is 0 Å². The minimum Gasteiger partial charge on any atom is -0.468 e. The van der Waals surface area contributed by atoms with Gasteiger partial charge in [-0.1, -0.05) is 0 Å². The molecule has 0 bridgehead atoms. The molecule has 1 heterocycles. The Bertz CT molecular complexity index is 175. The van der Waals surface area contributed by atoms with Crippen molar-refractivity contribution in [1.82, 2.24) is 4.90 Å². The minimum atomic E-state index is -0.105. The van der Waals surface area contributed by atoms with Crippen molar-refractivity contribution in [2.75, 3.05) is 26.1 Å². The van der Waals surface area contributed by atoms with E-state index in [0.29, 0.717) is 5.88 Å². The summed E-state index contributed by atoms with van der Waals surface area (Å²) in [6, 6.07) is -0.0202. The Kier molecular flexibility index (Phi) is 4.53. The Balaban J connectivity index is 2.39. The van der Waals surface area contributed by atoms with Crippen molar-refractivity contribution in [2.24, 2.45) is 0 Å². The Hall–Kier alpha value is -0.280. The van der Waals surface area contributed by atoms with Gasteiger partial charge in [0.1, 0.15) is 6.04 Å². The molecule has 0 saturated carbocycles. The zero-order chi connectivity index (χ0) is 9.68. The molecule has 1 fully saturated rings. The summed E-state index contributed by atoms with van der Waals surface area (Å²) in [5.41, 5.74) is 0. The lowest BCUT2D eigenvalue weighted by Gasteiger charge is -2.21. The SMILES string of the molecule is COC(=O)[C@H]1CCCN1CCCCl. The summed E-state index contributed by atoms with van der Waals surface area (Å²) in [7, 11) is 1.44. The van der Waals surface area contributed by atoms with E-state index in [1.165, 1.54) is 7.11 Å². The van der Waals surface area contributed by atoms with Crippen LogP contribution in [-0.2, 0) is 9.53 Å². The van der Waals surface area contributed by atoms with E-state index in [1.54, 1.807) is 0 Å². The number of nitrogens with zero attached hydrogens (tertiary/aromatic N) is 1. The molecule has 0 radical (unpaired) electrons. The van der Waals surface area contributed by atoms with Crippen LogP contribution in [0.1, 0.15) is 19.3 Å². The van der Waals surface area contributed by atoms with Gasteiger partial charge in [-0.25, -0.2) is 0 Å². The number of hydrogen-bond donors (Lipinski definition) is 0. The molecule has 0 unspecified atom stereocenters. The van der Waals surface area contributed by atoms with E-state index in [4.69, 9.17) is 16.3 Å². The molecule has 1 aliphatic heterocycles. The van der Waals surface area contributed by atoms with Crippen LogP contribution in [-0.4, -0.2) is 43.0 Å². The molecule has 0 aromatic carbocycles. The van der Waals surface area contributed by atoms with Crippen molar-refractivity contribution >= 4 is 17.6 Å².